The molecule has 1 heterocycles. The molecule has 2 amide bonds. The molecule has 1 saturated heterocycles. The first-order chi connectivity index (χ1) is 19.2. The number of carbonyl (C=O) groups is 1. The maximum atomic E-state index is 13.6. The molecule has 1 unspecified atom stereocenters. The van der Waals surface area contributed by atoms with Crippen molar-refractivity contribution in [2.24, 2.45) is 0 Å². The van der Waals surface area contributed by atoms with E-state index in [1.54, 1.807) is 0 Å². The van der Waals surface area contributed by atoms with E-state index in [9.17, 15) is 4.79 Å². The molecule has 0 spiro atoms. The molecular weight excluding hydrogens is 484 g/mol. The van der Waals surface area contributed by atoms with Gasteiger partial charge in [-0.25, -0.2) is 4.79 Å². The number of hydrogen-bond acceptors (Lipinski definition) is 4. The van der Waals surface area contributed by atoms with E-state index in [0.717, 1.165) is 57.9 Å². The summed E-state index contributed by atoms with van der Waals surface area (Å²) in [5.74, 6) is 0. The van der Waals surface area contributed by atoms with Crippen molar-refractivity contribution >= 4 is 16.8 Å². The SMILES string of the molecule is CC(NC(=O)N(CCCN1CCOCC1)Cc1ccc(CNC2CCCC2)cc1)c1cccc2ccccc12. The number of ether oxygens (including phenoxy) is 1. The molecule has 2 fully saturated rings. The molecule has 6 heteroatoms. The van der Waals surface area contributed by atoms with Gasteiger partial charge in [-0.1, -0.05) is 79.6 Å². The zero-order valence-corrected chi connectivity index (χ0v) is 23.4. The predicted octanol–water partition coefficient (Wildman–Crippen LogP) is 5.87. The molecular formula is C33H44N4O2. The van der Waals surface area contributed by atoms with Crippen molar-refractivity contribution in [1.29, 1.82) is 0 Å². The summed E-state index contributed by atoms with van der Waals surface area (Å²) in [6.07, 6.45) is 6.23. The fourth-order valence-electron chi connectivity index (χ4n) is 5.92. The van der Waals surface area contributed by atoms with E-state index >= 15 is 0 Å². The quantitative estimate of drug-likeness (QED) is 0.327. The van der Waals surface area contributed by atoms with Gasteiger partial charge in [0.2, 0.25) is 0 Å². The lowest BCUT2D eigenvalue weighted by atomic mass is 10.00. The van der Waals surface area contributed by atoms with Crippen molar-refractivity contribution in [1.82, 2.24) is 20.4 Å². The highest BCUT2D eigenvalue weighted by molar-refractivity contribution is 5.86. The summed E-state index contributed by atoms with van der Waals surface area (Å²) in [7, 11) is 0. The van der Waals surface area contributed by atoms with Gasteiger partial charge in [-0.3, -0.25) is 4.90 Å². The third-order valence-corrected chi connectivity index (χ3v) is 8.27. The number of nitrogens with one attached hydrogen (secondary N) is 2. The summed E-state index contributed by atoms with van der Waals surface area (Å²) in [4.78, 5) is 18.1. The highest BCUT2D eigenvalue weighted by Crippen LogP contribution is 2.24. The summed E-state index contributed by atoms with van der Waals surface area (Å²) in [5.41, 5.74) is 3.62. The van der Waals surface area contributed by atoms with E-state index in [0.29, 0.717) is 12.6 Å². The number of morpholine rings is 1. The van der Waals surface area contributed by atoms with Gasteiger partial charge in [0, 0.05) is 45.3 Å². The molecule has 0 radical (unpaired) electrons. The van der Waals surface area contributed by atoms with Crippen LogP contribution in [0, 0.1) is 0 Å². The molecule has 208 valence electrons. The molecule has 0 aromatic heterocycles. The molecule has 1 atom stereocenters. The van der Waals surface area contributed by atoms with E-state index in [2.05, 4.69) is 89.2 Å². The third kappa shape index (κ3) is 7.81. The van der Waals surface area contributed by atoms with Gasteiger partial charge in [0.1, 0.15) is 0 Å². The molecule has 1 aliphatic heterocycles. The summed E-state index contributed by atoms with van der Waals surface area (Å²) in [6.45, 7) is 8.85. The third-order valence-electron chi connectivity index (χ3n) is 8.27. The van der Waals surface area contributed by atoms with Crippen LogP contribution in [0.5, 0.6) is 0 Å². The van der Waals surface area contributed by atoms with Crippen LogP contribution >= 0.6 is 0 Å². The van der Waals surface area contributed by atoms with Crippen LogP contribution in [-0.4, -0.2) is 61.3 Å². The Bertz CT molecular complexity index is 1180. The predicted molar refractivity (Wildman–Crippen MR) is 159 cm³/mol. The molecule has 3 aromatic rings. The summed E-state index contributed by atoms with van der Waals surface area (Å²) >= 11 is 0. The Morgan fingerprint density at radius 2 is 1.69 bits per heavy atom. The lowest BCUT2D eigenvalue weighted by molar-refractivity contribution is 0.0364. The number of nitrogens with zero attached hydrogens (tertiary/aromatic N) is 2. The Hall–Kier alpha value is -2.93. The van der Waals surface area contributed by atoms with Crippen LogP contribution in [-0.2, 0) is 17.8 Å². The average Bonchev–Trinajstić information content (AvgIpc) is 3.50. The van der Waals surface area contributed by atoms with Crippen molar-refractivity contribution in [2.75, 3.05) is 39.4 Å². The van der Waals surface area contributed by atoms with Gasteiger partial charge in [-0.2, -0.15) is 0 Å². The van der Waals surface area contributed by atoms with Gasteiger partial charge in [0.05, 0.1) is 19.3 Å². The van der Waals surface area contributed by atoms with Gasteiger partial charge in [0.15, 0.2) is 0 Å². The van der Waals surface area contributed by atoms with Crippen molar-refractivity contribution in [2.45, 2.75) is 64.2 Å². The van der Waals surface area contributed by atoms with Gasteiger partial charge in [-0.15, -0.1) is 0 Å². The van der Waals surface area contributed by atoms with Crippen LogP contribution < -0.4 is 10.6 Å². The second-order valence-corrected chi connectivity index (χ2v) is 11.1. The van der Waals surface area contributed by atoms with E-state index in [1.807, 2.05) is 4.90 Å². The molecule has 5 rings (SSSR count). The highest BCUT2D eigenvalue weighted by atomic mass is 16.5. The molecule has 1 saturated carbocycles. The van der Waals surface area contributed by atoms with Crippen LogP contribution in [0.3, 0.4) is 0 Å². The van der Waals surface area contributed by atoms with Crippen LogP contribution in [0.15, 0.2) is 66.7 Å². The molecule has 2 N–H and O–H groups in total. The Labute approximate surface area is 233 Å². The first kappa shape index (κ1) is 27.6. The summed E-state index contributed by atoms with van der Waals surface area (Å²) in [5, 5.41) is 9.38. The number of rotatable bonds is 11. The number of urea groups is 1. The van der Waals surface area contributed by atoms with Crippen molar-refractivity contribution < 1.29 is 9.53 Å². The minimum absolute atomic E-state index is 0.00983. The Morgan fingerprint density at radius 3 is 2.49 bits per heavy atom. The number of carbonyl (C=O) groups excluding carboxylic acids is 1. The Balaban J connectivity index is 1.22. The fourth-order valence-corrected chi connectivity index (χ4v) is 5.92. The summed E-state index contributed by atoms with van der Waals surface area (Å²) < 4.78 is 5.50. The minimum Gasteiger partial charge on any atom is -0.379 e. The zero-order valence-electron chi connectivity index (χ0n) is 23.4. The smallest absolute Gasteiger partial charge is 0.318 e. The lowest BCUT2D eigenvalue weighted by Gasteiger charge is -2.29. The molecule has 6 nitrogen and oxygen atoms in total. The molecule has 0 bridgehead atoms. The Kier molecular flexibility index (Phi) is 9.86. The number of hydrogen-bond donors (Lipinski definition) is 2. The van der Waals surface area contributed by atoms with Gasteiger partial charge in [-0.05, 0) is 53.6 Å². The normalized spacial score (nSPS) is 17.4. The van der Waals surface area contributed by atoms with Gasteiger partial charge in [0.25, 0.3) is 0 Å². The van der Waals surface area contributed by atoms with E-state index < -0.39 is 0 Å². The van der Waals surface area contributed by atoms with Crippen LogP contribution in [0.1, 0.15) is 61.8 Å². The van der Waals surface area contributed by atoms with Crippen molar-refractivity contribution in [3.05, 3.63) is 83.4 Å². The lowest BCUT2D eigenvalue weighted by Crippen LogP contribution is -2.43. The van der Waals surface area contributed by atoms with E-state index in [4.69, 9.17) is 4.74 Å². The second-order valence-electron chi connectivity index (χ2n) is 11.1. The number of amides is 2. The largest absolute Gasteiger partial charge is 0.379 e. The van der Waals surface area contributed by atoms with Gasteiger partial charge < -0.3 is 20.3 Å². The van der Waals surface area contributed by atoms with E-state index in [-0.39, 0.29) is 12.1 Å². The molecule has 2 aliphatic rings. The molecule has 1 aliphatic carbocycles. The van der Waals surface area contributed by atoms with Crippen molar-refractivity contribution in [3.8, 4) is 0 Å². The van der Waals surface area contributed by atoms with Crippen LogP contribution in [0.2, 0.25) is 0 Å². The number of benzene rings is 3. The second kappa shape index (κ2) is 13.9. The average molecular weight is 529 g/mol. The first-order valence-electron chi connectivity index (χ1n) is 14.8. The zero-order chi connectivity index (χ0) is 26.9. The molecule has 39 heavy (non-hydrogen) atoms. The van der Waals surface area contributed by atoms with Gasteiger partial charge >= 0.3 is 6.03 Å². The fraction of sp³-hybridized carbons (Fsp3) is 0.485. The topological polar surface area (TPSA) is 56.8 Å². The number of fused-ring (bicyclic) bond motifs is 1. The monoisotopic (exact) mass is 528 g/mol. The first-order valence-corrected chi connectivity index (χ1v) is 14.8. The molecule has 3 aromatic carbocycles. The minimum atomic E-state index is -0.0885. The van der Waals surface area contributed by atoms with Crippen LogP contribution in [0.4, 0.5) is 4.79 Å². The van der Waals surface area contributed by atoms with E-state index in [1.165, 1.54) is 47.6 Å². The Morgan fingerprint density at radius 1 is 0.974 bits per heavy atom. The maximum Gasteiger partial charge on any atom is 0.318 e. The highest BCUT2D eigenvalue weighted by Gasteiger charge is 2.19. The van der Waals surface area contributed by atoms with Crippen LogP contribution in [0.25, 0.3) is 10.8 Å². The van der Waals surface area contributed by atoms with Crippen molar-refractivity contribution in [3.63, 3.8) is 0 Å². The standard InChI is InChI=1S/C33H44N4O2/c1-26(31-13-6-9-29-8-2-5-12-32(29)31)35-33(38)37(19-7-18-36-20-22-39-23-21-36)25-28-16-14-27(15-17-28)24-34-30-10-3-4-11-30/h2,5-6,8-9,12-17,26,30,34H,3-4,7,10-11,18-25H2,1H3,(H,35,38). The summed E-state index contributed by atoms with van der Waals surface area (Å²) in [6, 6.07) is 24.0. The maximum absolute atomic E-state index is 13.6.